The van der Waals surface area contributed by atoms with Crippen LogP contribution in [0.25, 0.3) is 0 Å². The lowest BCUT2D eigenvalue weighted by atomic mass is 10.2. The molecule has 0 aliphatic carbocycles. The van der Waals surface area contributed by atoms with E-state index in [4.69, 9.17) is 21.1 Å². The van der Waals surface area contributed by atoms with Crippen LogP contribution in [-0.2, 0) is 9.59 Å². The number of hydrazone groups is 1. The molecule has 0 saturated heterocycles. The second-order valence-corrected chi connectivity index (χ2v) is 7.09. The van der Waals surface area contributed by atoms with Crippen LogP contribution in [-0.4, -0.2) is 30.7 Å². The molecule has 160 valence electrons. The predicted molar refractivity (Wildman–Crippen MR) is 118 cm³/mol. The molecule has 0 aliphatic heterocycles. The number of hydrogen-bond acceptors (Lipinski definition) is 5. The van der Waals surface area contributed by atoms with E-state index in [1.165, 1.54) is 6.21 Å². The Morgan fingerprint density at radius 2 is 1.87 bits per heavy atom. The smallest absolute Gasteiger partial charge is 0.240 e. The number of hydrogen-bond donors (Lipinski definition) is 2. The molecule has 0 aromatic heterocycles. The summed E-state index contributed by atoms with van der Waals surface area (Å²) < 4.78 is 11.3. The second kappa shape index (κ2) is 11.8. The molecule has 2 amide bonds. The van der Waals surface area contributed by atoms with E-state index in [2.05, 4.69) is 15.8 Å². The molecule has 0 bridgehead atoms. The molecule has 0 radical (unpaired) electrons. The topological polar surface area (TPSA) is 89.0 Å². The van der Waals surface area contributed by atoms with E-state index in [1.54, 1.807) is 36.4 Å². The highest BCUT2D eigenvalue weighted by Crippen LogP contribution is 2.29. The fourth-order valence-corrected chi connectivity index (χ4v) is 2.67. The molecule has 8 heteroatoms. The summed E-state index contributed by atoms with van der Waals surface area (Å²) in [6.07, 6.45) is 1.57. The average Bonchev–Trinajstić information content (AvgIpc) is 2.68. The number of halogens is 1. The Morgan fingerprint density at radius 1 is 1.10 bits per heavy atom. The van der Waals surface area contributed by atoms with Gasteiger partial charge in [0, 0.05) is 23.6 Å². The van der Waals surface area contributed by atoms with Gasteiger partial charge in [-0.15, -0.1) is 0 Å². The van der Waals surface area contributed by atoms with Gasteiger partial charge in [-0.05, 0) is 62.7 Å². The molecule has 30 heavy (non-hydrogen) atoms. The van der Waals surface area contributed by atoms with Crippen LogP contribution in [0.2, 0.25) is 5.02 Å². The number of anilines is 1. The molecule has 0 spiro atoms. The van der Waals surface area contributed by atoms with Crippen LogP contribution in [0.4, 0.5) is 5.69 Å². The lowest BCUT2D eigenvalue weighted by Crippen LogP contribution is -2.20. The molecule has 0 saturated carbocycles. The second-order valence-electron chi connectivity index (χ2n) is 6.66. The Morgan fingerprint density at radius 3 is 2.57 bits per heavy atom. The molecule has 2 aromatic carbocycles. The zero-order valence-corrected chi connectivity index (χ0v) is 18.0. The van der Waals surface area contributed by atoms with E-state index in [1.807, 2.05) is 26.8 Å². The zero-order valence-electron chi connectivity index (χ0n) is 17.3. The van der Waals surface area contributed by atoms with E-state index in [9.17, 15) is 9.59 Å². The van der Waals surface area contributed by atoms with Crippen molar-refractivity contribution in [1.82, 2.24) is 5.43 Å². The summed E-state index contributed by atoms with van der Waals surface area (Å²) in [7, 11) is 0. The fraction of sp³-hybridized carbons (Fsp3) is 0.318. The van der Waals surface area contributed by atoms with Crippen molar-refractivity contribution < 1.29 is 19.1 Å². The first-order valence-electron chi connectivity index (χ1n) is 9.68. The van der Waals surface area contributed by atoms with Crippen molar-refractivity contribution in [2.45, 2.75) is 39.7 Å². The summed E-state index contributed by atoms with van der Waals surface area (Å²) in [6.45, 7) is 6.28. The summed E-state index contributed by atoms with van der Waals surface area (Å²) in [5, 5.41) is 7.15. The van der Waals surface area contributed by atoms with Crippen LogP contribution in [0.5, 0.6) is 11.5 Å². The van der Waals surface area contributed by atoms with Gasteiger partial charge in [0.15, 0.2) is 11.5 Å². The third-order valence-electron chi connectivity index (χ3n) is 3.72. The van der Waals surface area contributed by atoms with Gasteiger partial charge in [0.2, 0.25) is 11.8 Å². The van der Waals surface area contributed by atoms with Crippen LogP contribution in [0.1, 0.15) is 39.2 Å². The maximum atomic E-state index is 11.9. The SMILES string of the molecule is CCOc1cc(C=NNC(=O)CCC(=O)Nc2cccc(Cl)c2)ccc1OC(C)C. The van der Waals surface area contributed by atoms with Crippen molar-refractivity contribution in [3.8, 4) is 11.5 Å². The number of amides is 2. The Hall–Kier alpha value is -3.06. The van der Waals surface area contributed by atoms with E-state index in [0.29, 0.717) is 28.8 Å². The zero-order chi connectivity index (χ0) is 21.9. The molecular formula is C22H26ClN3O4. The number of nitrogens with one attached hydrogen (secondary N) is 2. The quantitative estimate of drug-likeness (QED) is 0.431. The summed E-state index contributed by atoms with van der Waals surface area (Å²) in [6, 6.07) is 12.2. The van der Waals surface area contributed by atoms with Crippen molar-refractivity contribution in [1.29, 1.82) is 0 Å². The largest absolute Gasteiger partial charge is 0.490 e. The normalized spacial score (nSPS) is 10.8. The van der Waals surface area contributed by atoms with E-state index in [-0.39, 0.29) is 30.8 Å². The highest BCUT2D eigenvalue weighted by Gasteiger charge is 2.09. The van der Waals surface area contributed by atoms with E-state index in [0.717, 1.165) is 5.56 Å². The molecule has 2 N–H and O–H groups in total. The van der Waals surface area contributed by atoms with Gasteiger partial charge in [-0.25, -0.2) is 5.43 Å². The summed E-state index contributed by atoms with van der Waals surface area (Å²) in [4.78, 5) is 23.9. The molecule has 0 atom stereocenters. The summed E-state index contributed by atoms with van der Waals surface area (Å²) >= 11 is 5.88. The lowest BCUT2D eigenvalue weighted by molar-refractivity contribution is -0.124. The van der Waals surface area contributed by atoms with Crippen molar-refractivity contribution >= 4 is 35.3 Å². The Balaban J connectivity index is 1.83. The third-order valence-corrected chi connectivity index (χ3v) is 3.96. The number of ether oxygens (including phenoxy) is 2. The lowest BCUT2D eigenvalue weighted by Gasteiger charge is -2.14. The average molecular weight is 432 g/mol. The molecule has 2 aromatic rings. The standard InChI is InChI=1S/C22H26ClN3O4/c1-4-29-20-12-16(8-9-19(20)30-15(2)3)14-24-26-22(28)11-10-21(27)25-18-7-5-6-17(23)13-18/h5-9,12-15H,4,10-11H2,1-3H3,(H,25,27)(H,26,28). The van der Waals surface area contributed by atoms with Crippen LogP contribution in [0.3, 0.4) is 0 Å². The Labute approximate surface area is 181 Å². The minimum Gasteiger partial charge on any atom is -0.490 e. The first-order chi connectivity index (χ1) is 14.4. The van der Waals surface area contributed by atoms with Crippen LogP contribution < -0.4 is 20.2 Å². The van der Waals surface area contributed by atoms with Crippen molar-refractivity contribution in [2.75, 3.05) is 11.9 Å². The fourth-order valence-electron chi connectivity index (χ4n) is 2.48. The van der Waals surface area contributed by atoms with Crippen molar-refractivity contribution in [2.24, 2.45) is 5.10 Å². The Kier molecular flexibility index (Phi) is 9.15. The number of benzene rings is 2. The minimum atomic E-state index is -0.364. The molecule has 0 heterocycles. The van der Waals surface area contributed by atoms with Gasteiger partial charge < -0.3 is 14.8 Å². The van der Waals surface area contributed by atoms with E-state index < -0.39 is 0 Å². The van der Waals surface area contributed by atoms with Gasteiger partial charge in [-0.2, -0.15) is 5.10 Å². The number of carbonyl (C=O) groups excluding carboxylic acids is 2. The highest BCUT2D eigenvalue weighted by atomic mass is 35.5. The Bertz CT molecular complexity index is 900. The van der Waals surface area contributed by atoms with Gasteiger partial charge in [0.25, 0.3) is 0 Å². The van der Waals surface area contributed by atoms with Crippen LogP contribution in [0, 0.1) is 0 Å². The molecule has 0 unspecified atom stereocenters. The van der Waals surface area contributed by atoms with Gasteiger partial charge in [0.1, 0.15) is 0 Å². The third kappa shape index (κ3) is 8.13. The first-order valence-corrected chi connectivity index (χ1v) is 10.1. The monoisotopic (exact) mass is 431 g/mol. The number of nitrogens with zero attached hydrogens (tertiary/aromatic N) is 1. The maximum Gasteiger partial charge on any atom is 0.240 e. The van der Waals surface area contributed by atoms with Gasteiger partial charge in [-0.1, -0.05) is 17.7 Å². The van der Waals surface area contributed by atoms with Gasteiger partial charge in [0.05, 0.1) is 18.9 Å². The van der Waals surface area contributed by atoms with Crippen LogP contribution >= 0.6 is 11.6 Å². The predicted octanol–water partition coefficient (Wildman–Crippen LogP) is 4.39. The molecular weight excluding hydrogens is 406 g/mol. The highest BCUT2D eigenvalue weighted by molar-refractivity contribution is 6.30. The first kappa shape index (κ1) is 23.2. The molecule has 7 nitrogen and oxygen atoms in total. The van der Waals surface area contributed by atoms with E-state index >= 15 is 0 Å². The van der Waals surface area contributed by atoms with Gasteiger partial charge >= 0.3 is 0 Å². The number of rotatable bonds is 10. The minimum absolute atomic E-state index is 0.00903. The number of carbonyl (C=O) groups is 2. The van der Waals surface area contributed by atoms with Crippen LogP contribution in [0.15, 0.2) is 47.6 Å². The van der Waals surface area contributed by atoms with Crippen molar-refractivity contribution in [3.63, 3.8) is 0 Å². The molecule has 0 aliphatic rings. The van der Waals surface area contributed by atoms with Crippen molar-refractivity contribution in [3.05, 3.63) is 53.1 Å². The van der Waals surface area contributed by atoms with Gasteiger partial charge in [-0.3, -0.25) is 9.59 Å². The molecule has 2 rings (SSSR count). The summed E-state index contributed by atoms with van der Waals surface area (Å²) in [5.74, 6) is 0.619. The maximum absolute atomic E-state index is 11.9. The molecule has 0 fully saturated rings. The summed E-state index contributed by atoms with van der Waals surface area (Å²) in [5.41, 5.74) is 3.74.